The van der Waals surface area contributed by atoms with Crippen molar-refractivity contribution in [1.82, 2.24) is 20.4 Å². The molecule has 2 fully saturated rings. The minimum Gasteiger partial charge on any atom is -0.356 e. The average molecular weight is 443 g/mol. The normalized spacial score (nSPS) is 20.9. The van der Waals surface area contributed by atoms with Crippen LogP contribution in [0.3, 0.4) is 0 Å². The lowest BCUT2D eigenvalue weighted by Gasteiger charge is -2.51. The van der Waals surface area contributed by atoms with E-state index in [0.29, 0.717) is 32.4 Å². The number of carbonyl (C=O) groups excluding carboxylic acids is 3. The summed E-state index contributed by atoms with van der Waals surface area (Å²) in [5, 5.41) is 5.83. The number of benzene rings is 1. The highest BCUT2D eigenvalue weighted by Crippen LogP contribution is 2.34. The van der Waals surface area contributed by atoms with Gasteiger partial charge in [0.15, 0.2) is 0 Å². The van der Waals surface area contributed by atoms with Crippen molar-refractivity contribution < 1.29 is 14.4 Å². The summed E-state index contributed by atoms with van der Waals surface area (Å²) >= 11 is 0. The Balaban J connectivity index is 1.56. The first-order valence-electron chi connectivity index (χ1n) is 12.1. The Hall–Kier alpha value is -2.41. The SMILES string of the molecule is CCCN1C(=O)[C@H](CCCCNC(C)=O)NC(=O)C12CCN(CCc1ccccc1)CC2. The van der Waals surface area contributed by atoms with Crippen LogP contribution in [0.4, 0.5) is 0 Å². The Morgan fingerprint density at radius 2 is 1.84 bits per heavy atom. The van der Waals surface area contributed by atoms with E-state index in [4.69, 9.17) is 0 Å². The molecule has 0 aliphatic carbocycles. The third-order valence-corrected chi connectivity index (χ3v) is 6.79. The van der Waals surface area contributed by atoms with Crippen molar-refractivity contribution in [2.24, 2.45) is 0 Å². The number of piperazine rings is 1. The summed E-state index contributed by atoms with van der Waals surface area (Å²) in [7, 11) is 0. The highest BCUT2D eigenvalue weighted by atomic mass is 16.2. The summed E-state index contributed by atoms with van der Waals surface area (Å²) in [6, 6.07) is 10.0. The first kappa shape index (κ1) is 24.2. The van der Waals surface area contributed by atoms with E-state index in [0.717, 1.165) is 45.3 Å². The number of nitrogens with one attached hydrogen (secondary N) is 2. The maximum atomic E-state index is 13.3. The van der Waals surface area contributed by atoms with Crippen molar-refractivity contribution in [3.8, 4) is 0 Å². The van der Waals surface area contributed by atoms with Gasteiger partial charge in [0, 0.05) is 39.6 Å². The molecular weight excluding hydrogens is 404 g/mol. The minimum atomic E-state index is -0.705. The summed E-state index contributed by atoms with van der Waals surface area (Å²) < 4.78 is 0. The van der Waals surface area contributed by atoms with Gasteiger partial charge < -0.3 is 20.4 Å². The first-order valence-corrected chi connectivity index (χ1v) is 12.1. The van der Waals surface area contributed by atoms with Gasteiger partial charge in [-0.05, 0) is 50.5 Å². The standard InChI is InChI=1S/C25H38N4O3/c1-3-16-29-23(31)22(11-7-8-15-26-20(2)30)27-24(32)25(29)13-18-28(19-14-25)17-12-21-9-5-4-6-10-21/h4-6,9-10,22H,3,7-8,11-19H2,1-2H3,(H,26,30)(H,27,32)/t22-/m0/s1. The van der Waals surface area contributed by atoms with Crippen LogP contribution in [0.25, 0.3) is 0 Å². The van der Waals surface area contributed by atoms with Gasteiger partial charge in [-0.15, -0.1) is 0 Å². The molecule has 2 aliphatic heterocycles. The summed E-state index contributed by atoms with van der Waals surface area (Å²) in [4.78, 5) is 41.9. The number of hydrogen-bond donors (Lipinski definition) is 2. The molecule has 2 N–H and O–H groups in total. The van der Waals surface area contributed by atoms with E-state index in [1.54, 1.807) is 0 Å². The Morgan fingerprint density at radius 3 is 2.50 bits per heavy atom. The first-order chi connectivity index (χ1) is 15.5. The van der Waals surface area contributed by atoms with E-state index in [2.05, 4.69) is 46.7 Å². The zero-order chi connectivity index (χ0) is 23.0. The van der Waals surface area contributed by atoms with Crippen molar-refractivity contribution in [3.05, 3.63) is 35.9 Å². The molecule has 1 spiro atoms. The summed E-state index contributed by atoms with van der Waals surface area (Å²) in [5.74, 6) is 0.0297. The molecule has 7 nitrogen and oxygen atoms in total. The highest BCUT2D eigenvalue weighted by molar-refractivity contribution is 6.00. The largest absolute Gasteiger partial charge is 0.356 e. The number of nitrogens with zero attached hydrogens (tertiary/aromatic N) is 2. The highest BCUT2D eigenvalue weighted by Gasteiger charge is 2.52. The second kappa shape index (κ2) is 11.5. The molecular formula is C25H38N4O3. The molecule has 1 aromatic carbocycles. The van der Waals surface area contributed by atoms with Crippen LogP contribution in [0.15, 0.2) is 30.3 Å². The predicted molar refractivity (Wildman–Crippen MR) is 125 cm³/mol. The van der Waals surface area contributed by atoms with Gasteiger partial charge in [0.1, 0.15) is 11.6 Å². The van der Waals surface area contributed by atoms with Crippen LogP contribution in [-0.2, 0) is 20.8 Å². The Bertz CT molecular complexity index is 775. The fraction of sp³-hybridized carbons (Fsp3) is 0.640. The van der Waals surface area contributed by atoms with E-state index < -0.39 is 11.6 Å². The van der Waals surface area contributed by atoms with E-state index in [9.17, 15) is 14.4 Å². The van der Waals surface area contributed by atoms with Crippen LogP contribution in [0, 0.1) is 0 Å². The van der Waals surface area contributed by atoms with Crippen molar-refractivity contribution in [3.63, 3.8) is 0 Å². The van der Waals surface area contributed by atoms with Gasteiger partial charge in [-0.25, -0.2) is 0 Å². The van der Waals surface area contributed by atoms with E-state index in [1.807, 2.05) is 11.0 Å². The van der Waals surface area contributed by atoms with Gasteiger partial charge >= 0.3 is 0 Å². The Morgan fingerprint density at radius 1 is 1.12 bits per heavy atom. The zero-order valence-electron chi connectivity index (χ0n) is 19.6. The topological polar surface area (TPSA) is 81.8 Å². The summed E-state index contributed by atoms with van der Waals surface area (Å²) in [5.41, 5.74) is 0.621. The van der Waals surface area contributed by atoms with Gasteiger partial charge in [0.2, 0.25) is 17.7 Å². The molecule has 1 aromatic rings. The van der Waals surface area contributed by atoms with E-state index in [-0.39, 0.29) is 17.7 Å². The lowest BCUT2D eigenvalue weighted by Crippen LogP contribution is -2.72. The number of unbranched alkanes of at least 4 members (excludes halogenated alkanes) is 1. The van der Waals surface area contributed by atoms with Crippen molar-refractivity contribution in [2.75, 3.05) is 32.7 Å². The monoisotopic (exact) mass is 442 g/mol. The van der Waals surface area contributed by atoms with E-state index in [1.165, 1.54) is 12.5 Å². The fourth-order valence-electron chi connectivity index (χ4n) is 4.93. The van der Waals surface area contributed by atoms with Crippen LogP contribution in [0.5, 0.6) is 0 Å². The summed E-state index contributed by atoms with van der Waals surface area (Å²) in [6.45, 7) is 7.42. The molecule has 1 atom stereocenters. The molecule has 2 heterocycles. The quantitative estimate of drug-likeness (QED) is 0.544. The second-order valence-electron chi connectivity index (χ2n) is 9.10. The molecule has 3 rings (SSSR count). The predicted octanol–water partition coefficient (Wildman–Crippen LogP) is 2.11. The number of amides is 3. The van der Waals surface area contributed by atoms with Crippen LogP contribution in [0.2, 0.25) is 0 Å². The lowest BCUT2D eigenvalue weighted by molar-refractivity contribution is -0.161. The molecule has 0 saturated carbocycles. The maximum Gasteiger partial charge on any atom is 0.246 e. The van der Waals surface area contributed by atoms with E-state index >= 15 is 0 Å². The molecule has 7 heteroatoms. The number of rotatable bonds is 10. The molecule has 2 aliphatic rings. The minimum absolute atomic E-state index is 0.0140. The molecule has 0 bridgehead atoms. The van der Waals surface area contributed by atoms with Gasteiger partial charge in [-0.1, -0.05) is 37.3 Å². The molecule has 0 aromatic heterocycles. The molecule has 2 saturated heterocycles. The third kappa shape index (κ3) is 5.88. The molecule has 3 amide bonds. The van der Waals surface area contributed by atoms with Crippen LogP contribution in [-0.4, -0.2) is 71.8 Å². The smallest absolute Gasteiger partial charge is 0.246 e. The zero-order valence-corrected chi connectivity index (χ0v) is 19.6. The second-order valence-corrected chi connectivity index (χ2v) is 9.10. The summed E-state index contributed by atoms with van der Waals surface area (Å²) in [6.07, 6.45) is 5.42. The van der Waals surface area contributed by atoms with Gasteiger partial charge in [-0.3, -0.25) is 14.4 Å². The van der Waals surface area contributed by atoms with Crippen molar-refractivity contribution >= 4 is 17.7 Å². The molecule has 0 unspecified atom stereocenters. The molecule has 176 valence electrons. The van der Waals surface area contributed by atoms with Crippen molar-refractivity contribution in [1.29, 1.82) is 0 Å². The van der Waals surface area contributed by atoms with Crippen LogP contribution in [0.1, 0.15) is 57.9 Å². The fourth-order valence-corrected chi connectivity index (χ4v) is 4.93. The third-order valence-electron chi connectivity index (χ3n) is 6.79. The number of carbonyl (C=O) groups is 3. The number of likely N-dealkylation sites (tertiary alicyclic amines) is 1. The molecule has 32 heavy (non-hydrogen) atoms. The number of hydrogen-bond acceptors (Lipinski definition) is 4. The lowest BCUT2D eigenvalue weighted by atomic mass is 9.81. The van der Waals surface area contributed by atoms with Gasteiger partial charge in [-0.2, -0.15) is 0 Å². The number of piperidine rings is 1. The Labute approximate surface area is 191 Å². The van der Waals surface area contributed by atoms with Gasteiger partial charge in [0.25, 0.3) is 0 Å². The average Bonchev–Trinajstić information content (AvgIpc) is 2.80. The molecule has 0 radical (unpaired) electrons. The van der Waals surface area contributed by atoms with Crippen LogP contribution >= 0.6 is 0 Å². The van der Waals surface area contributed by atoms with Crippen molar-refractivity contribution in [2.45, 2.75) is 70.4 Å². The van der Waals surface area contributed by atoms with Crippen LogP contribution < -0.4 is 10.6 Å². The maximum absolute atomic E-state index is 13.3. The Kier molecular flexibility index (Phi) is 8.67. The van der Waals surface area contributed by atoms with Gasteiger partial charge in [0.05, 0.1) is 0 Å².